The summed E-state index contributed by atoms with van der Waals surface area (Å²) in [7, 11) is 0. The van der Waals surface area contributed by atoms with Crippen LogP contribution in [0, 0.1) is 0 Å². The van der Waals surface area contributed by atoms with E-state index in [2.05, 4.69) is 27.6 Å². The lowest BCUT2D eigenvalue weighted by atomic mass is 10.1. The maximum atomic E-state index is 12.5. The third-order valence-electron chi connectivity index (χ3n) is 3.68. The number of hydrogen-bond donors (Lipinski definition) is 2. The minimum Gasteiger partial charge on any atom is -0.345 e. The quantitative estimate of drug-likeness (QED) is 0.721. The summed E-state index contributed by atoms with van der Waals surface area (Å²) < 4.78 is 0. The highest BCUT2D eigenvalue weighted by atomic mass is 32.2. The van der Waals surface area contributed by atoms with Crippen molar-refractivity contribution < 1.29 is 4.79 Å². The van der Waals surface area contributed by atoms with E-state index in [-0.39, 0.29) is 11.9 Å². The average molecular weight is 311 g/mol. The van der Waals surface area contributed by atoms with Crippen LogP contribution in [-0.4, -0.2) is 22.4 Å². The second kappa shape index (κ2) is 6.23. The molecule has 0 spiro atoms. The molecule has 0 aliphatic carbocycles. The third-order valence-corrected chi connectivity index (χ3v) is 4.43. The molecule has 1 atom stereocenters. The topological polar surface area (TPSA) is 57.8 Å². The van der Waals surface area contributed by atoms with E-state index in [0.717, 1.165) is 16.5 Å². The first-order chi connectivity index (χ1) is 10.7. The van der Waals surface area contributed by atoms with E-state index in [4.69, 9.17) is 0 Å². The number of hydrogen-bond acceptors (Lipinski definition) is 3. The fourth-order valence-electron chi connectivity index (χ4n) is 2.41. The zero-order chi connectivity index (χ0) is 15.5. The van der Waals surface area contributed by atoms with E-state index in [1.165, 1.54) is 4.90 Å². The smallest absolute Gasteiger partial charge is 0.253 e. The van der Waals surface area contributed by atoms with Crippen LogP contribution in [0.1, 0.15) is 28.9 Å². The van der Waals surface area contributed by atoms with Crippen LogP contribution in [0.4, 0.5) is 0 Å². The Morgan fingerprint density at radius 1 is 1.23 bits per heavy atom. The molecule has 3 aromatic rings. The molecule has 5 heteroatoms. The first-order valence-electron chi connectivity index (χ1n) is 7.06. The monoisotopic (exact) mass is 311 g/mol. The van der Waals surface area contributed by atoms with Crippen molar-refractivity contribution in [3.63, 3.8) is 0 Å². The Morgan fingerprint density at radius 2 is 2.00 bits per heavy atom. The van der Waals surface area contributed by atoms with Crippen LogP contribution in [0.15, 0.2) is 53.6 Å². The Balaban J connectivity index is 1.79. The summed E-state index contributed by atoms with van der Waals surface area (Å²) >= 11 is 1.70. The molecular weight excluding hydrogens is 294 g/mol. The molecule has 0 bridgehead atoms. The molecule has 0 aliphatic rings. The molecule has 112 valence electrons. The lowest BCUT2D eigenvalue weighted by molar-refractivity contribution is 0.0941. The van der Waals surface area contributed by atoms with Gasteiger partial charge in [0.2, 0.25) is 0 Å². The molecule has 0 radical (unpaired) electrons. The van der Waals surface area contributed by atoms with Gasteiger partial charge in [-0.1, -0.05) is 24.3 Å². The van der Waals surface area contributed by atoms with Gasteiger partial charge in [0.25, 0.3) is 5.91 Å². The predicted molar refractivity (Wildman–Crippen MR) is 90.2 cm³/mol. The highest BCUT2D eigenvalue weighted by molar-refractivity contribution is 7.98. The number of amides is 1. The summed E-state index contributed by atoms with van der Waals surface area (Å²) in [6, 6.07) is 13.8. The molecular formula is C17H17N3OS. The number of fused-ring (bicyclic) bond motifs is 1. The van der Waals surface area contributed by atoms with Gasteiger partial charge in [-0.2, -0.15) is 5.10 Å². The van der Waals surface area contributed by atoms with Crippen molar-refractivity contribution in [1.82, 2.24) is 15.5 Å². The molecule has 1 aromatic heterocycles. The van der Waals surface area contributed by atoms with Crippen molar-refractivity contribution in [3.05, 3.63) is 59.8 Å². The maximum absolute atomic E-state index is 12.5. The maximum Gasteiger partial charge on any atom is 0.253 e. The summed E-state index contributed by atoms with van der Waals surface area (Å²) in [6.45, 7) is 1.99. The molecule has 0 saturated carbocycles. The Hall–Kier alpha value is -2.27. The molecule has 0 saturated heterocycles. The molecule has 2 N–H and O–H groups in total. The SMILES string of the molecule is CSc1ccc(C(C)NC(=O)c2cccc3cn[nH]c23)cc1. The van der Waals surface area contributed by atoms with E-state index in [9.17, 15) is 4.79 Å². The number of H-pyrrole nitrogens is 1. The van der Waals surface area contributed by atoms with Gasteiger partial charge >= 0.3 is 0 Å². The number of carbonyl (C=O) groups excluding carboxylic acids is 1. The van der Waals surface area contributed by atoms with Crippen molar-refractivity contribution >= 4 is 28.6 Å². The zero-order valence-electron chi connectivity index (χ0n) is 12.5. The molecule has 1 heterocycles. The van der Waals surface area contributed by atoms with Gasteiger partial charge in [0.15, 0.2) is 0 Å². The Kier molecular flexibility index (Phi) is 4.15. The summed E-state index contributed by atoms with van der Waals surface area (Å²) in [5.74, 6) is -0.101. The lowest BCUT2D eigenvalue weighted by Gasteiger charge is -2.15. The van der Waals surface area contributed by atoms with E-state index in [1.54, 1.807) is 24.0 Å². The van der Waals surface area contributed by atoms with Gasteiger partial charge in [-0.15, -0.1) is 11.8 Å². The molecule has 0 fully saturated rings. The standard InChI is InChI=1S/C17H17N3OS/c1-11(12-6-8-14(22-2)9-7-12)19-17(21)15-5-3-4-13-10-18-20-16(13)15/h3-11H,1-2H3,(H,18,20)(H,19,21). The molecule has 0 aliphatic heterocycles. The van der Waals surface area contributed by atoms with Crippen LogP contribution in [0.3, 0.4) is 0 Å². The normalized spacial score (nSPS) is 12.3. The number of thioether (sulfide) groups is 1. The second-order valence-electron chi connectivity index (χ2n) is 5.11. The fourth-order valence-corrected chi connectivity index (χ4v) is 2.82. The van der Waals surface area contributed by atoms with Gasteiger partial charge in [0, 0.05) is 10.3 Å². The molecule has 4 nitrogen and oxygen atoms in total. The van der Waals surface area contributed by atoms with Crippen LogP contribution in [0.2, 0.25) is 0 Å². The van der Waals surface area contributed by atoms with Crippen molar-refractivity contribution in [2.45, 2.75) is 17.9 Å². The Bertz CT molecular complexity index is 795. The van der Waals surface area contributed by atoms with Crippen LogP contribution in [0.25, 0.3) is 10.9 Å². The van der Waals surface area contributed by atoms with E-state index in [1.807, 2.05) is 37.4 Å². The van der Waals surface area contributed by atoms with Crippen molar-refractivity contribution in [2.24, 2.45) is 0 Å². The fraction of sp³-hybridized carbons (Fsp3) is 0.176. The first-order valence-corrected chi connectivity index (χ1v) is 8.28. The number of carbonyl (C=O) groups is 1. The summed E-state index contributed by atoms with van der Waals surface area (Å²) in [4.78, 5) is 13.7. The van der Waals surface area contributed by atoms with Gasteiger partial charge in [0.1, 0.15) is 0 Å². The summed E-state index contributed by atoms with van der Waals surface area (Å²) in [6.07, 6.45) is 3.77. The number of para-hydroxylation sites is 1. The average Bonchev–Trinajstić information content (AvgIpc) is 3.03. The lowest BCUT2D eigenvalue weighted by Crippen LogP contribution is -2.26. The van der Waals surface area contributed by atoms with E-state index < -0.39 is 0 Å². The van der Waals surface area contributed by atoms with Gasteiger partial charge in [-0.05, 0) is 36.9 Å². The number of nitrogens with zero attached hydrogens (tertiary/aromatic N) is 1. The van der Waals surface area contributed by atoms with Gasteiger partial charge in [-0.3, -0.25) is 9.89 Å². The number of aromatic amines is 1. The van der Waals surface area contributed by atoms with E-state index in [0.29, 0.717) is 5.56 Å². The van der Waals surface area contributed by atoms with Crippen LogP contribution >= 0.6 is 11.8 Å². The Morgan fingerprint density at radius 3 is 2.73 bits per heavy atom. The second-order valence-corrected chi connectivity index (χ2v) is 5.99. The number of nitrogens with one attached hydrogen (secondary N) is 2. The molecule has 2 aromatic carbocycles. The van der Waals surface area contributed by atoms with Crippen LogP contribution in [-0.2, 0) is 0 Å². The summed E-state index contributed by atoms with van der Waals surface area (Å²) in [5.41, 5.74) is 2.47. The highest BCUT2D eigenvalue weighted by Gasteiger charge is 2.14. The van der Waals surface area contributed by atoms with Crippen LogP contribution in [0.5, 0.6) is 0 Å². The number of aromatic nitrogens is 2. The minimum atomic E-state index is -0.101. The van der Waals surface area contributed by atoms with E-state index >= 15 is 0 Å². The highest BCUT2D eigenvalue weighted by Crippen LogP contribution is 2.20. The van der Waals surface area contributed by atoms with Gasteiger partial charge in [-0.25, -0.2) is 0 Å². The largest absolute Gasteiger partial charge is 0.345 e. The molecule has 1 unspecified atom stereocenters. The molecule has 3 rings (SSSR count). The Labute approximate surface area is 133 Å². The van der Waals surface area contributed by atoms with Crippen molar-refractivity contribution in [3.8, 4) is 0 Å². The van der Waals surface area contributed by atoms with Crippen molar-refractivity contribution in [1.29, 1.82) is 0 Å². The number of rotatable bonds is 4. The third kappa shape index (κ3) is 2.85. The minimum absolute atomic E-state index is 0.0541. The molecule has 22 heavy (non-hydrogen) atoms. The number of benzene rings is 2. The summed E-state index contributed by atoms with van der Waals surface area (Å²) in [5, 5.41) is 10.9. The predicted octanol–water partition coefficient (Wildman–Crippen LogP) is 3.78. The first kappa shape index (κ1) is 14.7. The van der Waals surface area contributed by atoms with Crippen LogP contribution < -0.4 is 5.32 Å². The van der Waals surface area contributed by atoms with Gasteiger partial charge < -0.3 is 5.32 Å². The van der Waals surface area contributed by atoms with Gasteiger partial charge in [0.05, 0.1) is 23.3 Å². The zero-order valence-corrected chi connectivity index (χ0v) is 13.3. The van der Waals surface area contributed by atoms with Crippen molar-refractivity contribution in [2.75, 3.05) is 6.26 Å². The molecule has 1 amide bonds.